The number of nitrogens with one attached hydrogen (secondary N) is 1. The van der Waals surface area contributed by atoms with Crippen molar-refractivity contribution >= 4 is 17.4 Å². The lowest BCUT2D eigenvalue weighted by Gasteiger charge is -2.11. The number of nitrogen functional groups attached to an aromatic ring is 1. The Morgan fingerprint density at radius 1 is 1.52 bits per heavy atom. The number of aromatic nitrogens is 3. The molecule has 112 valence electrons. The van der Waals surface area contributed by atoms with Gasteiger partial charge in [-0.2, -0.15) is 0 Å². The summed E-state index contributed by atoms with van der Waals surface area (Å²) in [6.07, 6.45) is 2.99. The van der Waals surface area contributed by atoms with Crippen LogP contribution in [-0.4, -0.2) is 21.4 Å². The molecule has 1 heterocycles. The first-order valence-electron chi connectivity index (χ1n) is 7.06. The smallest absolute Gasteiger partial charge is 0.344 e. The van der Waals surface area contributed by atoms with E-state index in [1.807, 2.05) is 25.1 Å². The molecule has 0 aliphatic heterocycles. The summed E-state index contributed by atoms with van der Waals surface area (Å²) in [7, 11) is 0. The summed E-state index contributed by atoms with van der Waals surface area (Å²) in [6.45, 7) is 2.68. The standard InChI is InChI=1S/C14H18N4O2S/c1-2-8-20-10-4-3-5-11(12(10)15)21-14-17-16-13(19)18(14)9-6-7-9/h3-5,9H,2,6-8,15H2,1H3,(H,16,19). The van der Waals surface area contributed by atoms with Gasteiger partial charge in [0, 0.05) is 10.9 Å². The average molecular weight is 306 g/mol. The average Bonchev–Trinajstić information content (AvgIpc) is 3.24. The molecule has 1 aromatic carbocycles. The summed E-state index contributed by atoms with van der Waals surface area (Å²) in [5, 5.41) is 7.26. The number of nitrogens with two attached hydrogens (primary N) is 1. The van der Waals surface area contributed by atoms with E-state index in [-0.39, 0.29) is 11.7 Å². The molecule has 3 N–H and O–H groups in total. The number of aromatic amines is 1. The Bertz CT molecular complexity index is 691. The summed E-state index contributed by atoms with van der Waals surface area (Å²) in [4.78, 5) is 12.6. The van der Waals surface area contributed by atoms with Gasteiger partial charge in [0.2, 0.25) is 0 Å². The molecule has 21 heavy (non-hydrogen) atoms. The highest BCUT2D eigenvalue weighted by atomic mass is 32.2. The predicted molar refractivity (Wildman–Crippen MR) is 81.9 cm³/mol. The van der Waals surface area contributed by atoms with E-state index in [1.165, 1.54) is 11.8 Å². The summed E-state index contributed by atoms with van der Waals surface area (Å²) >= 11 is 1.39. The normalized spacial score (nSPS) is 14.3. The van der Waals surface area contributed by atoms with E-state index in [0.717, 1.165) is 24.2 Å². The molecule has 7 heteroatoms. The Morgan fingerprint density at radius 2 is 2.33 bits per heavy atom. The molecule has 0 saturated heterocycles. The minimum Gasteiger partial charge on any atom is -0.491 e. The predicted octanol–water partition coefficient (Wildman–Crippen LogP) is 2.43. The fraction of sp³-hybridized carbons (Fsp3) is 0.429. The van der Waals surface area contributed by atoms with E-state index in [2.05, 4.69) is 10.2 Å². The molecule has 3 rings (SSSR count). The molecule has 0 amide bonds. The first kappa shape index (κ1) is 14.1. The number of H-pyrrole nitrogens is 1. The van der Waals surface area contributed by atoms with E-state index in [4.69, 9.17) is 10.5 Å². The second-order valence-electron chi connectivity index (χ2n) is 5.03. The van der Waals surface area contributed by atoms with Crippen LogP contribution in [0.3, 0.4) is 0 Å². The Hall–Kier alpha value is -1.89. The third-order valence-electron chi connectivity index (χ3n) is 3.27. The molecular formula is C14H18N4O2S. The molecule has 1 aliphatic carbocycles. The molecular weight excluding hydrogens is 288 g/mol. The molecule has 0 bridgehead atoms. The minimum absolute atomic E-state index is 0.156. The number of nitrogens with zero attached hydrogens (tertiary/aromatic N) is 2. The van der Waals surface area contributed by atoms with Crippen molar-refractivity contribution in [2.75, 3.05) is 12.3 Å². The molecule has 0 radical (unpaired) electrons. The summed E-state index contributed by atoms with van der Waals surface area (Å²) < 4.78 is 7.34. The number of rotatable bonds is 6. The van der Waals surface area contributed by atoms with Crippen molar-refractivity contribution in [3.05, 3.63) is 28.7 Å². The number of hydrogen-bond acceptors (Lipinski definition) is 5. The molecule has 1 fully saturated rings. The number of anilines is 1. The number of hydrogen-bond donors (Lipinski definition) is 2. The van der Waals surface area contributed by atoms with Gasteiger partial charge < -0.3 is 10.5 Å². The monoisotopic (exact) mass is 306 g/mol. The highest BCUT2D eigenvalue weighted by Gasteiger charge is 2.29. The zero-order valence-electron chi connectivity index (χ0n) is 11.8. The van der Waals surface area contributed by atoms with E-state index in [9.17, 15) is 4.79 Å². The molecule has 1 saturated carbocycles. The van der Waals surface area contributed by atoms with Gasteiger partial charge in [0.25, 0.3) is 0 Å². The van der Waals surface area contributed by atoms with Crippen LogP contribution in [0.25, 0.3) is 0 Å². The molecule has 0 atom stereocenters. The van der Waals surface area contributed by atoms with Gasteiger partial charge in [-0.15, -0.1) is 5.10 Å². The van der Waals surface area contributed by atoms with Crippen molar-refractivity contribution in [2.24, 2.45) is 0 Å². The van der Waals surface area contributed by atoms with Gasteiger partial charge in [0.05, 0.1) is 12.3 Å². The zero-order valence-corrected chi connectivity index (χ0v) is 12.7. The van der Waals surface area contributed by atoms with E-state index in [0.29, 0.717) is 23.2 Å². The van der Waals surface area contributed by atoms with Crippen molar-refractivity contribution in [1.29, 1.82) is 0 Å². The summed E-state index contributed by atoms with van der Waals surface area (Å²) in [6, 6.07) is 5.94. The third-order valence-corrected chi connectivity index (χ3v) is 4.32. The van der Waals surface area contributed by atoms with Gasteiger partial charge in [-0.1, -0.05) is 13.0 Å². The number of para-hydroxylation sites is 1. The first-order valence-corrected chi connectivity index (χ1v) is 7.88. The molecule has 1 aromatic heterocycles. The quantitative estimate of drug-likeness (QED) is 0.801. The van der Waals surface area contributed by atoms with Gasteiger partial charge in [-0.3, -0.25) is 4.57 Å². The van der Waals surface area contributed by atoms with Gasteiger partial charge in [0.15, 0.2) is 5.16 Å². The molecule has 0 spiro atoms. The highest BCUT2D eigenvalue weighted by molar-refractivity contribution is 7.99. The molecule has 6 nitrogen and oxygen atoms in total. The Kier molecular flexibility index (Phi) is 3.92. The lowest BCUT2D eigenvalue weighted by atomic mass is 10.3. The maximum Gasteiger partial charge on any atom is 0.344 e. The van der Waals surface area contributed by atoms with Crippen LogP contribution >= 0.6 is 11.8 Å². The van der Waals surface area contributed by atoms with E-state index < -0.39 is 0 Å². The maximum absolute atomic E-state index is 11.8. The van der Waals surface area contributed by atoms with Crippen LogP contribution < -0.4 is 16.2 Å². The van der Waals surface area contributed by atoms with Crippen molar-refractivity contribution in [3.8, 4) is 5.75 Å². The Morgan fingerprint density at radius 3 is 3.05 bits per heavy atom. The molecule has 0 unspecified atom stereocenters. The highest BCUT2D eigenvalue weighted by Crippen LogP contribution is 2.40. The lowest BCUT2D eigenvalue weighted by Crippen LogP contribution is -2.16. The van der Waals surface area contributed by atoms with Crippen molar-refractivity contribution in [1.82, 2.24) is 14.8 Å². The van der Waals surface area contributed by atoms with E-state index >= 15 is 0 Å². The fourth-order valence-corrected chi connectivity index (χ4v) is 3.04. The second kappa shape index (κ2) is 5.85. The van der Waals surface area contributed by atoms with Crippen LogP contribution in [0.1, 0.15) is 32.2 Å². The minimum atomic E-state index is -0.156. The van der Waals surface area contributed by atoms with Crippen LogP contribution in [0, 0.1) is 0 Å². The van der Waals surface area contributed by atoms with Crippen LogP contribution in [0.5, 0.6) is 5.75 Å². The van der Waals surface area contributed by atoms with Crippen LogP contribution in [0.4, 0.5) is 5.69 Å². The Balaban J connectivity index is 1.86. The fourth-order valence-electron chi connectivity index (χ4n) is 2.07. The Labute approximate surface area is 126 Å². The van der Waals surface area contributed by atoms with Crippen molar-refractivity contribution in [3.63, 3.8) is 0 Å². The van der Waals surface area contributed by atoms with Crippen LogP contribution in [0.2, 0.25) is 0 Å². The largest absolute Gasteiger partial charge is 0.491 e. The lowest BCUT2D eigenvalue weighted by molar-refractivity contribution is 0.318. The van der Waals surface area contributed by atoms with Gasteiger partial charge in [0.1, 0.15) is 5.75 Å². The molecule has 2 aromatic rings. The second-order valence-corrected chi connectivity index (χ2v) is 6.04. The number of ether oxygens (including phenoxy) is 1. The zero-order chi connectivity index (χ0) is 14.8. The SMILES string of the molecule is CCCOc1cccc(Sc2n[nH]c(=O)n2C2CC2)c1N. The van der Waals surface area contributed by atoms with Crippen LogP contribution in [0.15, 0.2) is 33.0 Å². The summed E-state index contributed by atoms with van der Waals surface area (Å²) in [5.41, 5.74) is 6.59. The first-order chi connectivity index (χ1) is 10.2. The molecule has 1 aliphatic rings. The van der Waals surface area contributed by atoms with Gasteiger partial charge in [-0.25, -0.2) is 9.89 Å². The van der Waals surface area contributed by atoms with E-state index in [1.54, 1.807) is 4.57 Å². The van der Waals surface area contributed by atoms with Gasteiger partial charge in [-0.05, 0) is 43.2 Å². The van der Waals surface area contributed by atoms with Crippen molar-refractivity contribution in [2.45, 2.75) is 42.3 Å². The van der Waals surface area contributed by atoms with Crippen molar-refractivity contribution < 1.29 is 4.74 Å². The van der Waals surface area contributed by atoms with Crippen LogP contribution in [-0.2, 0) is 0 Å². The maximum atomic E-state index is 11.8. The topological polar surface area (TPSA) is 85.9 Å². The van der Waals surface area contributed by atoms with Gasteiger partial charge >= 0.3 is 5.69 Å². The number of benzene rings is 1. The summed E-state index contributed by atoms with van der Waals surface area (Å²) in [5.74, 6) is 0.678. The third kappa shape index (κ3) is 2.92.